The van der Waals surface area contributed by atoms with Crippen molar-refractivity contribution in [3.05, 3.63) is 0 Å². The highest BCUT2D eigenvalue weighted by molar-refractivity contribution is 4.85. The minimum atomic E-state index is 0.426. The van der Waals surface area contributed by atoms with Crippen LogP contribution in [0.15, 0.2) is 0 Å². The molecule has 0 aliphatic carbocycles. The largest absolute Gasteiger partial charge is 0.377 e. The summed E-state index contributed by atoms with van der Waals surface area (Å²) in [5, 5.41) is 3.60. The van der Waals surface area contributed by atoms with Gasteiger partial charge < -0.3 is 10.1 Å². The van der Waals surface area contributed by atoms with Crippen molar-refractivity contribution in [2.45, 2.75) is 51.8 Å². The summed E-state index contributed by atoms with van der Waals surface area (Å²) < 4.78 is 5.70. The Morgan fingerprint density at radius 3 is 2.69 bits per heavy atom. The minimum Gasteiger partial charge on any atom is -0.377 e. The molecule has 2 rings (SSSR count). The maximum Gasteiger partial charge on any atom is 0.0703 e. The number of hydrogen-bond acceptors (Lipinski definition) is 3. The molecule has 3 nitrogen and oxygen atoms in total. The van der Waals surface area contributed by atoms with Crippen molar-refractivity contribution in [2.75, 3.05) is 26.2 Å². The highest BCUT2D eigenvalue weighted by Crippen LogP contribution is 2.21. The van der Waals surface area contributed by atoms with Gasteiger partial charge in [-0.25, -0.2) is 0 Å². The number of nitrogens with one attached hydrogen (secondary N) is 1. The zero-order valence-electron chi connectivity index (χ0n) is 10.9. The molecule has 2 aliphatic heterocycles. The third kappa shape index (κ3) is 2.96. The van der Waals surface area contributed by atoms with Gasteiger partial charge in [-0.2, -0.15) is 0 Å². The van der Waals surface area contributed by atoms with Gasteiger partial charge in [-0.1, -0.05) is 6.92 Å². The first-order chi connectivity index (χ1) is 7.66. The summed E-state index contributed by atoms with van der Waals surface area (Å²) in [5.41, 5.74) is 0. The molecule has 2 aliphatic rings. The average molecular weight is 226 g/mol. The van der Waals surface area contributed by atoms with Crippen LogP contribution in [-0.2, 0) is 4.74 Å². The van der Waals surface area contributed by atoms with Crippen molar-refractivity contribution in [2.24, 2.45) is 5.92 Å². The molecule has 0 spiro atoms. The molecule has 0 radical (unpaired) electrons. The van der Waals surface area contributed by atoms with E-state index in [0.717, 1.165) is 19.1 Å². The third-order valence-electron chi connectivity index (χ3n) is 4.02. The molecule has 0 aromatic heterocycles. The van der Waals surface area contributed by atoms with Gasteiger partial charge in [0.15, 0.2) is 0 Å². The Hall–Kier alpha value is -0.120. The molecule has 1 N–H and O–H groups in total. The summed E-state index contributed by atoms with van der Waals surface area (Å²) in [6.45, 7) is 11.4. The molecule has 0 aromatic carbocycles. The molecular weight excluding hydrogens is 200 g/mol. The highest BCUT2D eigenvalue weighted by Gasteiger charge is 2.31. The van der Waals surface area contributed by atoms with E-state index in [-0.39, 0.29) is 0 Å². The van der Waals surface area contributed by atoms with E-state index in [2.05, 4.69) is 31.0 Å². The first kappa shape index (κ1) is 12.3. The van der Waals surface area contributed by atoms with Gasteiger partial charge in [0.25, 0.3) is 0 Å². The van der Waals surface area contributed by atoms with Crippen LogP contribution in [0.3, 0.4) is 0 Å². The lowest BCUT2D eigenvalue weighted by molar-refractivity contribution is 0.0624. The molecule has 0 aromatic rings. The van der Waals surface area contributed by atoms with Gasteiger partial charge in [-0.3, -0.25) is 4.90 Å². The lowest BCUT2D eigenvalue weighted by Crippen LogP contribution is -2.48. The van der Waals surface area contributed by atoms with Crippen molar-refractivity contribution in [3.8, 4) is 0 Å². The van der Waals surface area contributed by atoms with E-state index in [9.17, 15) is 0 Å². The van der Waals surface area contributed by atoms with Crippen molar-refractivity contribution < 1.29 is 4.74 Å². The second kappa shape index (κ2) is 5.48. The smallest absolute Gasteiger partial charge is 0.0703 e. The van der Waals surface area contributed by atoms with E-state index in [1.807, 2.05) is 0 Å². The van der Waals surface area contributed by atoms with Gasteiger partial charge in [0, 0.05) is 31.8 Å². The SMILES string of the molecule is CC1CNC(C)CCN(C2CCOC2C)C1. The second-order valence-electron chi connectivity index (χ2n) is 5.63. The maximum absolute atomic E-state index is 5.70. The summed E-state index contributed by atoms with van der Waals surface area (Å²) in [5.74, 6) is 0.746. The van der Waals surface area contributed by atoms with E-state index in [1.165, 1.54) is 25.9 Å². The number of nitrogens with zero attached hydrogens (tertiary/aromatic N) is 1. The Balaban J connectivity index is 1.95. The van der Waals surface area contributed by atoms with Crippen molar-refractivity contribution >= 4 is 0 Å². The quantitative estimate of drug-likeness (QED) is 0.733. The van der Waals surface area contributed by atoms with E-state index in [1.54, 1.807) is 0 Å². The van der Waals surface area contributed by atoms with Crippen LogP contribution in [-0.4, -0.2) is 49.3 Å². The summed E-state index contributed by atoms with van der Waals surface area (Å²) in [7, 11) is 0. The predicted molar refractivity (Wildman–Crippen MR) is 66.6 cm³/mol. The normalized spacial score (nSPS) is 42.9. The fraction of sp³-hybridized carbons (Fsp3) is 1.00. The van der Waals surface area contributed by atoms with Crippen LogP contribution in [0.25, 0.3) is 0 Å². The fourth-order valence-electron chi connectivity index (χ4n) is 2.92. The number of ether oxygens (including phenoxy) is 1. The summed E-state index contributed by atoms with van der Waals surface area (Å²) >= 11 is 0. The molecule has 0 amide bonds. The van der Waals surface area contributed by atoms with Crippen molar-refractivity contribution in [3.63, 3.8) is 0 Å². The Morgan fingerprint density at radius 1 is 1.19 bits per heavy atom. The minimum absolute atomic E-state index is 0.426. The first-order valence-corrected chi connectivity index (χ1v) is 6.76. The maximum atomic E-state index is 5.70. The molecule has 4 unspecified atom stereocenters. The predicted octanol–water partition coefficient (Wildman–Crippen LogP) is 1.48. The Morgan fingerprint density at radius 2 is 2.00 bits per heavy atom. The number of hydrogen-bond donors (Lipinski definition) is 1. The highest BCUT2D eigenvalue weighted by atomic mass is 16.5. The molecule has 0 bridgehead atoms. The van der Waals surface area contributed by atoms with E-state index in [4.69, 9.17) is 4.74 Å². The van der Waals surface area contributed by atoms with Crippen LogP contribution in [0.2, 0.25) is 0 Å². The van der Waals surface area contributed by atoms with Gasteiger partial charge in [0.2, 0.25) is 0 Å². The summed E-state index contributed by atoms with van der Waals surface area (Å²) in [6.07, 6.45) is 2.90. The zero-order chi connectivity index (χ0) is 11.5. The van der Waals surface area contributed by atoms with Crippen LogP contribution >= 0.6 is 0 Å². The Labute approximate surface area is 99.5 Å². The second-order valence-corrected chi connectivity index (χ2v) is 5.63. The van der Waals surface area contributed by atoms with Crippen LogP contribution < -0.4 is 5.32 Å². The lowest BCUT2D eigenvalue weighted by Gasteiger charge is -2.36. The summed E-state index contributed by atoms with van der Waals surface area (Å²) in [6, 6.07) is 1.32. The topological polar surface area (TPSA) is 24.5 Å². The van der Waals surface area contributed by atoms with Crippen LogP contribution in [0.5, 0.6) is 0 Å². The van der Waals surface area contributed by atoms with Gasteiger partial charge in [0.1, 0.15) is 0 Å². The molecule has 2 heterocycles. The molecule has 2 fully saturated rings. The first-order valence-electron chi connectivity index (χ1n) is 6.76. The molecule has 94 valence electrons. The van der Waals surface area contributed by atoms with Gasteiger partial charge in [-0.05, 0) is 39.2 Å². The van der Waals surface area contributed by atoms with Crippen molar-refractivity contribution in [1.82, 2.24) is 10.2 Å². The fourth-order valence-corrected chi connectivity index (χ4v) is 2.92. The Bertz CT molecular complexity index is 222. The monoisotopic (exact) mass is 226 g/mol. The molecule has 16 heavy (non-hydrogen) atoms. The molecule has 2 saturated heterocycles. The van der Waals surface area contributed by atoms with Crippen LogP contribution in [0.1, 0.15) is 33.6 Å². The molecule has 3 heteroatoms. The lowest BCUT2D eigenvalue weighted by atomic mass is 10.0. The van der Waals surface area contributed by atoms with Gasteiger partial charge >= 0.3 is 0 Å². The van der Waals surface area contributed by atoms with Gasteiger partial charge in [0.05, 0.1) is 6.10 Å². The van der Waals surface area contributed by atoms with E-state index < -0.39 is 0 Å². The van der Waals surface area contributed by atoms with E-state index >= 15 is 0 Å². The molecule has 4 atom stereocenters. The van der Waals surface area contributed by atoms with Crippen molar-refractivity contribution in [1.29, 1.82) is 0 Å². The zero-order valence-corrected chi connectivity index (χ0v) is 10.9. The number of rotatable bonds is 1. The molecule has 0 saturated carbocycles. The molecular formula is C13H26N2O. The third-order valence-corrected chi connectivity index (χ3v) is 4.02. The van der Waals surface area contributed by atoms with Crippen LogP contribution in [0.4, 0.5) is 0 Å². The standard InChI is InChI=1S/C13H26N2O/c1-10-8-14-11(2)4-6-15(9-10)13-5-7-16-12(13)3/h10-14H,4-9H2,1-3H3. The van der Waals surface area contributed by atoms with Crippen LogP contribution in [0, 0.1) is 5.92 Å². The van der Waals surface area contributed by atoms with E-state index in [0.29, 0.717) is 18.2 Å². The average Bonchev–Trinajstić information content (AvgIpc) is 2.65. The summed E-state index contributed by atoms with van der Waals surface area (Å²) in [4.78, 5) is 2.67. The Kier molecular flexibility index (Phi) is 4.22. The van der Waals surface area contributed by atoms with Gasteiger partial charge in [-0.15, -0.1) is 0 Å².